The minimum atomic E-state index is 0.314. The smallest absolute Gasteiger partial charge is 0.232 e. The van der Waals surface area contributed by atoms with Gasteiger partial charge in [-0.1, -0.05) is 6.07 Å². The number of rotatable bonds is 4. The minimum Gasteiger partial charge on any atom is -0.480 e. The van der Waals surface area contributed by atoms with Crippen molar-refractivity contribution in [1.29, 1.82) is 0 Å². The second-order valence-corrected chi connectivity index (χ2v) is 7.48. The van der Waals surface area contributed by atoms with Crippen LogP contribution in [0.2, 0.25) is 0 Å². The SMILES string of the molecule is COc1ccn(-c2cccc(-c3ccc(N4C5CCC4CC(N)C5)nn3)n2)n1. The number of pyridine rings is 1. The van der Waals surface area contributed by atoms with E-state index in [4.69, 9.17) is 10.5 Å². The number of hydrogen-bond acceptors (Lipinski definition) is 7. The summed E-state index contributed by atoms with van der Waals surface area (Å²) < 4.78 is 6.82. The molecule has 2 saturated heterocycles. The molecule has 0 saturated carbocycles. The fourth-order valence-corrected chi connectivity index (χ4v) is 4.43. The van der Waals surface area contributed by atoms with Crippen LogP contribution in [0.25, 0.3) is 17.2 Å². The summed E-state index contributed by atoms with van der Waals surface area (Å²) in [6.07, 6.45) is 6.28. The third-order valence-corrected chi connectivity index (χ3v) is 5.69. The quantitative estimate of drug-likeness (QED) is 0.745. The highest BCUT2D eigenvalue weighted by Gasteiger charge is 2.40. The number of nitrogens with zero attached hydrogens (tertiary/aromatic N) is 6. The van der Waals surface area contributed by atoms with Crippen molar-refractivity contribution in [3.63, 3.8) is 0 Å². The molecule has 2 aliphatic rings. The number of aromatic nitrogens is 5. The van der Waals surface area contributed by atoms with Gasteiger partial charge in [0.15, 0.2) is 11.6 Å². The van der Waals surface area contributed by atoms with Gasteiger partial charge in [-0.3, -0.25) is 0 Å². The van der Waals surface area contributed by atoms with Gasteiger partial charge in [0.2, 0.25) is 5.88 Å². The van der Waals surface area contributed by atoms with Crippen LogP contribution in [-0.4, -0.2) is 50.2 Å². The second kappa shape index (κ2) is 6.87. The van der Waals surface area contributed by atoms with Gasteiger partial charge in [-0.15, -0.1) is 15.3 Å². The highest BCUT2D eigenvalue weighted by molar-refractivity contribution is 5.57. The summed E-state index contributed by atoms with van der Waals surface area (Å²) in [7, 11) is 1.59. The standard InChI is InChI=1S/C20H23N7O/c1-28-20-9-10-26(25-20)18-4-2-3-16(22-18)17-7-8-19(24-23-17)27-14-5-6-15(27)12-13(21)11-14/h2-4,7-10,13-15H,5-6,11-12,21H2,1H3. The van der Waals surface area contributed by atoms with E-state index in [-0.39, 0.29) is 0 Å². The lowest BCUT2D eigenvalue weighted by molar-refractivity contribution is 0.394. The van der Waals surface area contributed by atoms with Gasteiger partial charge in [0.25, 0.3) is 0 Å². The largest absolute Gasteiger partial charge is 0.480 e. The normalized spacial score (nSPS) is 23.8. The van der Waals surface area contributed by atoms with Crippen LogP contribution >= 0.6 is 0 Å². The van der Waals surface area contributed by atoms with Gasteiger partial charge in [-0.2, -0.15) is 0 Å². The van der Waals surface area contributed by atoms with E-state index in [0.717, 1.165) is 30.0 Å². The zero-order chi connectivity index (χ0) is 19.1. The van der Waals surface area contributed by atoms with Gasteiger partial charge >= 0.3 is 0 Å². The highest BCUT2D eigenvalue weighted by atomic mass is 16.5. The number of nitrogens with two attached hydrogens (primary N) is 1. The number of methoxy groups -OCH3 is 1. The van der Waals surface area contributed by atoms with Gasteiger partial charge < -0.3 is 15.4 Å². The summed E-state index contributed by atoms with van der Waals surface area (Å²) in [4.78, 5) is 7.08. The Kier molecular flexibility index (Phi) is 4.20. The van der Waals surface area contributed by atoms with Gasteiger partial charge in [0.05, 0.1) is 12.8 Å². The lowest BCUT2D eigenvalue weighted by Gasteiger charge is -2.38. The van der Waals surface area contributed by atoms with E-state index in [1.807, 2.05) is 30.5 Å². The van der Waals surface area contributed by atoms with Gasteiger partial charge in [0, 0.05) is 30.4 Å². The Morgan fingerprint density at radius 1 is 0.964 bits per heavy atom. The predicted octanol–water partition coefficient (Wildman–Crippen LogP) is 2.19. The number of hydrogen-bond donors (Lipinski definition) is 1. The maximum Gasteiger partial charge on any atom is 0.232 e. The Morgan fingerprint density at radius 2 is 1.79 bits per heavy atom. The van der Waals surface area contributed by atoms with Crippen LogP contribution in [0.4, 0.5) is 5.82 Å². The van der Waals surface area contributed by atoms with E-state index in [9.17, 15) is 0 Å². The van der Waals surface area contributed by atoms with Crippen LogP contribution in [0, 0.1) is 0 Å². The van der Waals surface area contributed by atoms with Gasteiger partial charge in [-0.05, 0) is 49.9 Å². The molecule has 2 aliphatic heterocycles. The molecule has 2 unspecified atom stereocenters. The van der Waals surface area contributed by atoms with Crippen molar-refractivity contribution < 1.29 is 4.74 Å². The first-order chi connectivity index (χ1) is 13.7. The van der Waals surface area contributed by atoms with Crippen LogP contribution in [0.15, 0.2) is 42.6 Å². The van der Waals surface area contributed by atoms with Gasteiger partial charge in [0.1, 0.15) is 5.69 Å². The summed E-state index contributed by atoms with van der Waals surface area (Å²) >= 11 is 0. The van der Waals surface area contributed by atoms with E-state index >= 15 is 0 Å². The molecule has 8 heteroatoms. The molecule has 28 heavy (non-hydrogen) atoms. The Bertz CT molecular complexity index is 957. The first-order valence-electron chi connectivity index (χ1n) is 9.66. The molecule has 2 fully saturated rings. The first kappa shape index (κ1) is 17.1. The molecule has 8 nitrogen and oxygen atoms in total. The third kappa shape index (κ3) is 2.99. The van der Waals surface area contributed by atoms with Crippen LogP contribution < -0.4 is 15.4 Å². The molecule has 2 bridgehead atoms. The van der Waals surface area contributed by atoms with Crippen molar-refractivity contribution in [3.8, 4) is 23.1 Å². The van der Waals surface area contributed by atoms with Crippen molar-refractivity contribution in [1.82, 2.24) is 25.0 Å². The lowest BCUT2D eigenvalue weighted by atomic mass is 9.98. The number of anilines is 1. The highest BCUT2D eigenvalue weighted by Crippen LogP contribution is 2.38. The van der Waals surface area contributed by atoms with E-state index in [1.165, 1.54) is 12.8 Å². The van der Waals surface area contributed by atoms with Crippen molar-refractivity contribution in [3.05, 3.63) is 42.6 Å². The molecule has 0 aliphatic carbocycles. The second-order valence-electron chi connectivity index (χ2n) is 7.48. The van der Waals surface area contributed by atoms with Crippen molar-refractivity contribution >= 4 is 5.82 Å². The molecule has 0 radical (unpaired) electrons. The average molecular weight is 377 g/mol. The monoisotopic (exact) mass is 377 g/mol. The molecule has 0 spiro atoms. The molecule has 2 atom stereocenters. The average Bonchev–Trinajstić information content (AvgIpc) is 3.31. The first-order valence-corrected chi connectivity index (χ1v) is 9.66. The van der Waals surface area contributed by atoms with Crippen LogP contribution in [0.5, 0.6) is 5.88 Å². The number of fused-ring (bicyclic) bond motifs is 2. The Morgan fingerprint density at radius 3 is 2.46 bits per heavy atom. The van der Waals surface area contributed by atoms with Gasteiger partial charge in [-0.25, -0.2) is 9.67 Å². The van der Waals surface area contributed by atoms with Crippen LogP contribution in [-0.2, 0) is 0 Å². The Balaban J connectivity index is 1.40. The third-order valence-electron chi connectivity index (χ3n) is 5.69. The molecule has 3 aromatic rings. The van der Waals surface area contributed by atoms with Crippen LogP contribution in [0.3, 0.4) is 0 Å². The zero-order valence-electron chi connectivity index (χ0n) is 15.8. The van der Waals surface area contributed by atoms with E-state index in [2.05, 4.69) is 31.2 Å². The molecule has 3 aromatic heterocycles. The Labute approximate surface area is 163 Å². The van der Waals surface area contributed by atoms with E-state index < -0.39 is 0 Å². The van der Waals surface area contributed by atoms with E-state index in [0.29, 0.717) is 29.8 Å². The molecular formula is C20H23N7O. The summed E-state index contributed by atoms with van der Waals surface area (Å²) in [6, 6.07) is 12.9. The number of piperidine rings is 1. The Hall–Kier alpha value is -3.00. The molecule has 2 N–H and O–H groups in total. The number of ether oxygens (including phenoxy) is 1. The predicted molar refractivity (Wildman–Crippen MR) is 105 cm³/mol. The molecule has 5 heterocycles. The summed E-state index contributed by atoms with van der Waals surface area (Å²) in [6.45, 7) is 0. The van der Waals surface area contributed by atoms with Crippen molar-refractivity contribution in [2.45, 2.75) is 43.8 Å². The molecular weight excluding hydrogens is 354 g/mol. The molecule has 144 valence electrons. The summed E-state index contributed by atoms with van der Waals surface area (Å²) in [5, 5.41) is 13.3. The minimum absolute atomic E-state index is 0.314. The lowest BCUT2D eigenvalue weighted by Crippen LogP contribution is -2.47. The van der Waals surface area contributed by atoms with Crippen LogP contribution in [0.1, 0.15) is 25.7 Å². The van der Waals surface area contributed by atoms with E-state index in [1.54, 1.807) is 17.9 Å². The topological polar surface area (TPSA) is 95.0 Å². The molecule has 5 rings (SSSR count). The molecule has 0 aromatic carbocycles. The van der Waals surface area contributed by atoms with Crippen molar-refractivity contribution in [2.75, 3.05) is 12.0 Å². The fourth-order valence-electron chi connectivity index (χ4n) is 4.43. The zero-order valence-corrected chi connectivity index (χ0v) is 15.8. The fraction of sp³-hybridized carbons (Fsp3) is 0.400. The summed E-state index contributed by atoms with van der Waals surface area (Å²) in [5.74, 6) is 2.19. The molecule has 0 amide bonds. The van der Waals surface area contributed by atoms with Crippen molar-refractivity contribution in [2.24, 2.45) is 5.73 Å². The summed E-state index contributed by atoms with van der Waals surface area (Å²) in [5.41, 5.74) is 7.68. The maximum absolute atomic E-state index is 6.18. The maximum atomic E-state index is 6.18.